The number of halogens is 2. The van der Waals surface area contributed by atoms with E-state index >= 15 is 0 Å². The highest BCUT2D eigenvalue weighted by Crippen LogP contribution is 2.29. The van der Waals surface area contributed by atoms with Gasteiger partial charge in [0.25, 0.3) is 0 Å². The molecule has 4 heteroatoms. The van der Waals surface area contributed by atoms with Gasteiger partial charge in [-0.3, -0.25) is 0 Å². The number of nitrogens with one attached hydrogen (secondary N) is 1. The summed E-state index contributed by atoms with van der Waals surface area (Å²) in [5.74, 6) is -0.431. The topological polar surface area (TPSA) is 21.3 Å². The molecular weight excluding hydrogens is 260 g/mol. The first-order valence-corrected chi connectivity index (χ1v) is 7.46. The van der Waals surface area contributed by atoms with E-state index in [0.29, 0.717) is 11.5 Å². The lowest BCUT2D eigenvalue weighted by Crippen LogP contribution is -2.27. The van der Waals surface area contributed by atoms with E-state index in [-0.39, 0.29) is 6.04 Å². The Bertz CT molecular complexity index is 419. The summed E-state index contributed by atoms with van der Waals surface area (Å²) in [4.78, 5) is 0. The number of benzene rings is 1. The van der Waals surface area contributed by atoms with E-state index in [1.165, 1.54) is 6.07 Å². The van der Waals surface area contributed by atoms with Gasteiger partial charge in [0, 0.05) is 30.9 Å². The van der Waals surface area contributed by atoms with Crippen LogP contribution >= 0.6 is 0 Å². The molecule has 1 aliphatic rings. The van der Waals surface area contributed by atoms with Gasteiger partial charge < -0.3 is 10.1 Å². The summed E-state index contributed by atoms with van der Waals surface area (Å²) in [6, 6.07) is 3.83. The average Bonchev–Trinajstić information content (AvgIpc) is 2.45. The SMILES string of the molecule is CCCNC(CC1CCOCC1)c1ccc(F)cc1F. The van der Waals surface area contributed by atoms with Crippen LogP contribution in [0.2, 0.25) is 0 Å². The minimum absolute atomic E-state index is 0.0429. The second-order valence-corrected chi connectivity index (χ2v) is 5.46. The zero-order valence-electron chi connectivity index (χ0n) is 12.0. The summed E-state index contributed by atoms with van der Waals surface area (Å²) < 4.78 is 32.4. The van der Waals surface area contributed by atoms with Crippen molar-refractivity contribution in [3.8, 4) is 0 Å². The Morgan fingerprint density at radius 1 is 1.30 bits per heavy atom. The highest BCUT2D eigenvalue weighted by molar-refractivity contribution is 5.22. The second-order valence-electron chi connectivity index (χ2n) is 5.46. The number of hydrogen-bond donors (Lipinski definition) is 1. The number of ether oxygens (including phenoxy) is 1. The number of hydrogen-bond acceptors (Lipinski definition) is 2. The predicted molar refractivity (Wildman–Crippen MR) is 75.6 cm³/mol. The van der Waals surface area contributed by atoms with Crippen molar-refractivity contribution in [1.82, 2.24) is 5.32 Å². The third-order valence-electron chi connectivity index (χ3n) is 3.89. The summed E-state index contributed by atoms with van der Waals surface area (Å²) in [6.07, 6.45) is 3.92. The Morgan fingerprint density at radius 3 is 2.70 bits per heavy atom. The Balaban J connectivity index is 2.08. The van der Waals surface area contributed by atoms with Crippen molar-refractivity contribution in [2.75, 3.05) is 19.8 Å². The lowest BCUT2D eigenvalue weighted by Gasteiger charge is -2.28. The average molecular weight is 283 g/mol. The van der Waals surface area contributed by atoms with Gasteiger partial charge in [0.15, 0.2) is 0 Å². The smallest absolute Gasteiger partial charge is 0.130 e. The highest BCUT2D eigenvalue weighted by atomic mass is 19.1. The first-order valence-electron chi connectivity index (χ1n) is 7.46. The van der Waals surface area contributed by atoms with Gasteiger partial charge >= 0.3 is 0 Å². The lowest BCUT2D eigenvalue weighted by atomic mass is 9.89. The normalized spacial score (nSPS) is 18.1. The van der Waals surface area contributed by atoms with Gasteiger partial charge in [0.2, 0.25) is 0 Å². The second kappa shape index (κ2) is 7.70. The van der Waals surface area contributed by atoms with E-state index in [4.69, 9.17) is 4.74 Å². The van der Waals surface area contributed by atoms with Crippen LogP contribution in [0, 0.1) is 17.6 Å². The van der Waals surface area contributed by atoms with Crippen molar-refractivity contribution in [1.29, 1.82) is 0 Å². The van der Waals surface area contributed by atoms with Gasteiger partial charge in [-0.15, -0.1) is 0 Å². The van der Waals surface area contributed by atoms with Crippen LogP contribution in [-0.2, 0) is 4.74 Å². The summed E-state index contributed by atoms with van der Waals surface area (Å²) in [6.45, 7) is 4.50. The molecule has 0 saturated carbocycles. The van der Waals surface area contributed by atoms with Crippen molar-refractivity contribution in [3.05, 3.63) is 35.4 Å². The molecule has 0 radical (unpaired) electrons. The van der Waals surface area contributed by atoms with E-state index in [1.54, 1.807) is 6.07 Å². The first kappa shape index (κ1) is 15.4. The molecule has 1 aromatic carbocycles. The Morgan fingerprint density at radius 2 is 2.05 bits per heavy atom. The molecule has 0 bridgehead atoms. The molecular formula is C16H23F2NO. The van der Waals surface area contributed by atoms with Crippen LogP contribution in [0.25, 0.3) is 0 Å². The van der Waals surface area contributed by atoms with Crippen molar-refractivity contribution in [2.45, 2.75) is 38.6 Å². The predicted octanol–water partition coefficient (Wildman–Crippen LogP) is 3.82. The molecule has 0 aliphatic carbocycles. The largest absolute Gasteiger partial charge is 0.381 e. The number of rotatable bonds is 6. The third kappa shape index (κ3) is 4.25. The van der Waals surface area contributed by atoms with Gasteiger partial charge in [-0.1, -0.05) is 13.0 Å². The minimum Gasteiger partial charge on any atom is -0.381 e. The molecule has 0 spiro atoms. The van der Waals surface area contributed by atoms with Crippen LogP contribution in [-0.4, -0.2) is 19.8 Å². The maximum absolute atomic E-state index is 14.0. The van der Waals surface area contributed by atoms with Gasteiger partial charge in [-0.25, -0.2) is 8.78 Å². The van der Waals surface area contributed by atoms with Crippen molar-refractivity contribution in [2.24, 2.45) is 5.92 Å². The Labute approximate surface area is 119 Å². The summed E-state index contributed by atoms with van der Waals surface area (Å²) in [5, 5.41) is 3.39. The lowest BCUT2D eigenvalue weighted by molar-refractivity contribution is 0.0604. The van der Waals surface area contributed by atoms with Crippen LogP contribution in [0.1, 0.15) is 44.2 Å². The molecule has 1 aliphatic heterocycles. The summed E-state index contributed by atoms with van der Waals surface area (Å²) >= 11 is 0. The molecule has 2 nitrogen and oxygen atoms in total. The fourth-order valence-corrected chi connectivity index (χ4v) is 2.74. The van der Waals surface area contributed by atoms with Crippen molar-refractivity contribution in [3.63, 3.8) is 0 Å². The fraction of sp³-hybridized carbons (Fsp3) is 0.625. The molecule has 2 rings (SSSR count). The first-order chi connectivity index (χ1) is 9.70. The molecule has 1 fully saturated rings. The highest BCUT2D eigenvalue weighted by Gasteiger charge is 2.22. The molecule has 1 saturated heterocycles. The Kier molecular flexibility index (Phi) is 5.92. The van der Waals surface area contributed by atoms with Crippen LogP contribution in [0.5, 0.6) is 0 Å². The zero-order valence-corrected chi connectivity index (χ0v) is 12.0. The van der Waals surface area contributed by atoms with E-state index in [2.05, 4.69) is 12.2 Å². The minimum atomic E-state index is -0.522. The molecule has 0 amide bonds. The summed E-state index contributed by atoms with van der Waals surface area (Å²) in [5.41, 5.74) is 0.575. The molecule has 1 heterocycles. The molecule has 1 atom stereocenters. The van der Waals surface area contributed by atoms with Crippen LogP contribution in [0.15, 0.2) is 18.2 Å². The van der Waals surface area contributed by atoms with Crippen LogP contribution in [0.3, 0.4) is 0 Å². The van der Waals surface area contributed by atoms with E-state index in [0.717, 1.165) is 51.5 Å². The maximum Gasteiger partial charge on any atom is 0.130 e. The fourth-order valence-electron chi connectivity index (χ4n) is 2.74. The van der Waals surface area contributed by atoms with Crippen LogP contribution in [0.4, 0.5) is 8.78 Å². The van der Waals surface area contributed by atoms with Gasteiger partial charge in [-0.05, 0) is 44.2 Å². The molecule has 112 valence electrons. The van der Waals surface area contributed by atoms with Gasteiger partial charge in [0.1, 0.15) is 11.6 Å². The molecule has 0 aromatic heterocycles. The quantitative estimate of drug-likeness (QED) is 0.857. The molecule has 20 heavy (non-hydrogen) atoms. The van der Waals surface area contributed by atoms with E-state index in [1.807, 2.05) is 0 Å². The maximum atomic E-state index is 14.0. The zero-order chi connectivity index (χ0) is 14.4. The van der Waals surface area contributed by atoms with E-state index < -0.39 is 11.6 Å². The van der Waals surface area contributed by atoms with Crippen molar-refractivity contribution < 1.29 is 13.5 Å². The third-order valence-corrected chi connectivity index (χ3v) is 3.89. The van der Waals surface area contributed by atoms with E-state index in [9.17, 15) is 8.78 Å². The monoisotopic (exact) mass is 283 g/mol. The molecule has 1 N–H and O–H groups in total. The molecule has 1 unspecified atom stereocenters. The van der Waals surface area contributed by atoms with Gasteiger partial charge in [0.05, 0.1) is 0 Å². The molecule has 1 aromatic rings. The van der Waals surface area contributed by atoms with Gasteiger partial charge in [-0.2, -0.15) is 0 Å². The Hall–Kier alpha value is -1.00. The van der Waals surface area contributed by atoms with Crippen molar-refractivity contribution >= 4 is 0 Å². The standard InChI is InChI=1S/C16H23F2NO/c1-2-7-19-16(10-12-5-8-20-9-6-12)14-4-3-13(17)11-15(14)18/h3-4,11-12,16,19H,2,5-10H2,1H3. The summed E-state index contributed by atoms with van der Waals surface area (Å²) in [7, 11) is 0. The van der Waals surface area contributed by atoms with Crippen LogP contribution < -0.4 is 5.32 Å².